The Kier molecular flexibility index (Phi) is 3.40. The molecule has 0 aliphatic rings. The molecule has 21 heavy (non-hydrogen) atoms. The minimum Gasteiger partial charge on any atom is -0.466 e. The summed E-state index contributed by atoms with van der Waals surface area (Å²) in [7, 11) is 1.45. The Labute approximate surface area is 123 Å². The Morgan fingerprint density at radius 3 is 2.95 bits per heavy atom. The first kappa shape index (κ1) is 13.3. The molecule has 0 aliphatic heterocycles. The lowest BCUT2D eigenvalue weighted by Gasteiger charge is -1.97. The number of carbonyl (C=O) groups excluding carboxylic acids is 1. The molecular weight excluding hydrogens is 292 g/mol. The first-order valence-electron chi connectivity index (χ1n) is 6.04. The number of H-pyrrole nitrogens is 2. The van der Waals surface area contributed by atoms with Crippen molar-refractivity contribution in [1.82, 2.24) is 25.1 Å². The maximum atomic E-state index is 12.1. The average molecular weight is 304 g/mol. The molecule has 0 spiro atoms. The summed E-state index contributed by atoms with van der Waals surface area (Å²) in [5.74, 6) is -0.107. The van der Waals surface area contributed by atoms with Gasteiger partial charge in [-0.05, 0) is 13.0 Å². The van der Waals surface area contributed by atoms with E-state index in [4.69, 9.17) is 4.74 Å². The van der Waals surface area contributed by atoms with Gasteiger partial charge in [0.1, 0.15) is 5.69 Å². The molecule has 0 unspecified atom stereocenters. The van der Waals surface area contributed by atoms with Crippen molar-refractivity contribution in [2.75, 3.05) is 12.4 Å². The molecule has 0 fully saturated rings. The van der Waals surface area contributed by atoms with E-state index in [9.17, 15) is 4.79 Å². The minimum atomic E-state index is -0.327. The third kappa shape index (κ3) is 2.77. The fourth-order valence-corrected chi connectivity index (χ4v) is 2.36. The maximum Gasteiger partial charge on any atom is 0.336 e. The zero-order valence-corrected chi connectivity index (χ0v) is 12.1. The average Bonchev–Trinajstić information content (AvgIpc) is 3.17. The summed E-state index contributed by atoms with van der Waals surface area (Å²) in [6, 6.07) is 1.90. The Morgan fingerprint density at radius 1 is 1.43 bits per heavy atom. The van der Waals surface area contributed by atoms with E-state index in [-0.39, 0.29) is 17.9 Å². The molecule has 3 heterocycles. The van der Waals surface area contributed by atoms with Crippen LogP contribution in [0.3, 0.4) is 0 Å². The summed E-state index contributed by atoms with van der Waals surface area (Å²) in [6.07, 6.45) is 1.74. The van der Waals surface area contributed by atoms with Crippen LogP contribution in [-0.4, -0.2) is 38.2 Å². The number of rotatable bonds is 4. The van der Waals surface area contributed by atoms with Crippen LogP contribution in [0.4, 0.5) is 5.95 Å². The van der Waals surface area contributed by atoms with Gasteiger partial charge in [-0.1, -0.05) is 0 Å². The lowest BCUT2D eigenvalue weighted by molar-refractivity contribution is 0.102. The van der Waals surface area contributed by atoms with Gasteiger partial charge in [0.05, 0.1) is 17.8 Å². The standard InChI is InChI=1S/C12H12N6O2S/c1-6-14-9(5-21-6)7-3-8(13-4-7)10(19)15-11-16-12(20-2)18-17-11/h3-5,13H,1-2H3,(H2,15,16,17,18,19). The van der Waals surface area contributed by atoms with Gasteiger partial charge in [-0.25, -0.2) is 10.1 Å². The number of hydrogen-bond donors (Lipinski definition) is 3. The van der Waals surface area contributed by atoms with Gasteiger partial charge in [-0.15, -0.1) is 16.4 Å². The summed E-state index contributed by atoms with van der Waals surface area (Å²) in [4.78, 5) is 23.3. The lowest BCUT2D eigenvalue weighted by atomic mass is 10.2. The Morgan fingerprint density at radius 2 is 2.29 bits per heavy atom. The van der Waals surface area contributed by atoms with Crippen LogP contribution >= 0.6 is 11.3 Å². The molecule has 0 aliphatic carbocycles. The van der Waals surface area contributed by atoms with Crippen molar-refractivity contribution in [2.24, 2.45) is 0 Å². The molecule has 3 aromatic heterocycles. The van der Waals surface area contributed by atoms with Crippen LogP contribution in [0.5, 0.6) is 6.01 Å². The van der Waals surface area contributed by atoms with E-state index < -0.39 is 0 Å². The van der Waals surface area contributed by atoms with Crippen LogP contribution in [0.15, 0.2) is 17.6 Å². The van der Waals surface area contributed by atoms with Crippen molar-refractivity contribution in [3.63, 3.8) is 0 Å². The molecule has 3 rings (SSSR count). The van der Waals surface area contributed by atoms with Gasteiger partial charge in [0, 0.05) is 17.1 Å². The number of carbonyl (C=O) groups is 1. The SMILES string of the molecule is COc1n[nH]c(NC(=O)c2cc(-c3csc(C)n3)c[nH]2)n1. The van der Waals surface area contributed by atoms with E-state index in [0.717, 1.165) is 16.3 Å². The van der Waals surface area contributed by atoms with E-state index in [0.29, 0.717) is 5.69 Å². The van der Waals surface area contributed by atoms with Crippen LogP contribution in [0.1, 0.15) is 15.5 Å². The third-order valence-corrected chi connectivity index (χ3v) is 3.50. The highest BCUT2D eigenvalue weighted by Crippen LogP contribution is 2.22. The number of nitrogens with one attached hydrogen (secondary N) is 3. The van der Waals surface area contributed by atoms with Gasteiger partial charge < -0.3 is 9.72 Å². The predicted octanol–water partition coefficient (Wildman–Crippen LogP) is 1.83. The molecule has 0 bridgehead atoms. The van der Waals surface area contributed by atoms with Crippen LogP contribution in [0.25, 0.3) is 11.3 Å². The van der Waals surface area contributed by atoms with E-state index in [1.54, 1.807) is 23.6 Å². The number of aromatic nitrogens is 5. The quantitative estimate of drug-likeness (QED) is 0.681. The Bertz CT molecular complexity index is 774. The molecular formula is C12H12N6O2S. The summed E-state index contributed by atoms with van der Waals surface area (Å²) >= 11 is 1.56. The molecule has 0 aromatic carbocycles. The first-order valence-corrected chi connectivity index (χ1v) is 6.92. The summed E-state index contributed by atoms with van der Waals surface area (Å²) in [5.41, 5.74) is 2.11. The Balaban J connectivity index is 1.75. The van der Waals surface area contributed by atoms with Gasteiger partial charge in [-0.3, -0.25) is 10.1 Å². The second-order valence-corrected chi connectivity index (χ2v) is 5.24. The zero-order chi connectivity index (χ0) is 14.8. The number of methoxy groups -OCH3 is 1. The number of aromatic amines is 2. The fourth-order valence-electron chi connectivity index (χ4n) is 1.74. The molecule has 0 saturated heterocycles. The van der Waals surface area contributed by atoms with Crippen molar-refractivity contribution < 1.29 is 9.53 Å². The normalized spacial score (nSPS) is 10.6. The van der Waals surface area contributed by atoms with Gasteiger partial charge >= 0.3 is 6.01 Å². The number of hydrogen-bond acceptors (Lipinski definition) is 6. The van der Waals surface area contributed by atoms with E-state index >= 15 is 0 Å². The number of ether oxygens (including phenoxy) is 1. The number of thiazole rings is 1. The lowest BCUT2D eigenvalue weighted by Crippen LogP contribution is -2.13. The molecule has 0 saturated carbocycles. The Hall–Kier alpha value is -2.68. The third-order valence-electron chi connectivity index (χ3n) is 2.72. The van der Waals surface area contributed by atoms with Crippen molar-refractivity contribution in [3.05, 3.63) is 28.3 Å². The van der Waals surface area contributed by atoms with Gasteiger partial charge in [0.15, 0.2) is 0 Å². The van der Waals surface area contributed by atoms with Gasteiger partial charge in [0.2, 0.25) is 5.95 Å². The molecule has 3 N–H and O–H groups in total. The molecule has 0 radical (unpaired) electrons. The van der Waals surface area contributed by atoms with Crippen molar-refractivity contribution in [2.45, 2.75) is 6.92 Å². The highest BCUT2D eigenvalue weighted by Gasteiger charge is 2.13. The van der Waals surface area contributed by atoms with Crippen molar-refractivity contribution >= 4 is 23.2 Å². The molecule has 1 amide bonds. The molecule has 8 nitrogen and oxygen atoms in total. The molecule has 9 heteroatoms. The minimum absolute atomic E-state index is 0.162. The van der Waals surface area contributed by atoms with Crippen LogP contribution < -0.4 is 10.1 Å². The van der Waals surface area contributed by atoms with Gasteiger partial charge in [-0.2, -0.15) is 4.98 Å². The fraction of sp³-hybridized carbons (Fsp3) is 0.167. The number of anilines is 1. The summed E-state index contributed by atoms with van der Waals surface area (Å²) < 4.78 is 4.83. The predicted molar refractivity (Wildman–Crippen MR) is 77.5 cm³/mol. The number of amides is 1. The van der Waals surface area contributed by atoms with Crippen LogP contribution in [-0.2, 0) is 0 Å². The highest BCUT2D eigenvalue weighted by atomic mass is 32.1. The number of nitrogens with zero attached hydrogens (tertiary/aromatic N) is 3. The monoisotopic (exact) mass is 304 g/mol. The summed E-state index contributed by atoms with van der Waals surface area (Å²) in [6.45, 7) is 1.94. The van der Waals surface area contributed by atoms with Crippen molar-refractivity contribution in [3.8, 4) is 17.3 Å². The topological polar surface area (TPSA) is 109 Å². The molecule has 108 valence electrons. The van der Waals surface area contributed by atoms with E-state index in [2.05, 4.69) is 30.5 Å². The van der Waals surface area contributed by atoms with Crippen molar-refractivity contribution in [1.29, 1.82) is 0 Å². The smallest absolute Gasteiger partial charge is 0.336 e. The van der Waals surface area contributed by atoms with E-state index in [1.165, 1.54) is 7.11 Å². The van der Waals surface area contributed by atoms with Crippen LogP contribution in [0.2, 0.25) is 0 Å². The largest absolute Gasteiger partial charge is 0.466 e. The number of aryl methyl sites for hydroxylation is 1. The molecule has 0 atom stereocenters. The maximum absolute atomic E-state index is 12.1. The highest BCUT2D eigenvalue weighted by molar-refractivity contribution is 7.09. The van der Waals surface area contributed by atoms with Crippen LogP contribution in [0, 0.1) is 6.92 Å². The second kappa shape index (κ2) is 5.37. The molecule has 3 aromatic rings. The summed E-state index contributed by atoms with van der Waals surface area (Å²) in [5, 5.41) is 11.8. The van der Waals surface area contributed by atoms with E-state index in [1.807, 2.05) is 12.3 Å². The zero-order valence-electron chi connectivity index (χ0n) is 11.3. The first-order chi connectivity index (χ1) is 10.2. The van der Waals surface area contributed by atoms with Gasteiger partial charge in [0.25, 0.3) is 5.91 Å². The second-order valence-electron chi connectivity index (χ2n) is 4.18.